The van der Waals surface area contributed by atoms with Crippen LogP contribution < -0.4 is 0 Å². The van der Waals surface area contributed by atoms with Gasteiger partial charge in [0.15, 0.2) is 0 Å². The summed E-state index contributed by atoms with van der Waals surface area (Å²) in [6.45, 7) is 6.92. The van der Waals surface area contributed by atoms with E-state index in [0.717, 1.165) is 6.61 Å². The van der Waals surface area contributed by atoms with Crippen molar-refractivity contribution in [2.45, 2.75) is 40.4 Å². The first kappa shape index (κ1) is 12.7. The molecule has 0 aliphatic heterocycles. The zero-order valence-corrected chi connectivity index (χ0v) is 8.03. The van der Waals surface area contributed by atoms with Crippen LogP contribution in [0.5, 0.6) is 0 Å². The zero-order valence-electron chi connectivity index (χ0n) is 8.03. The molecule has 0 aromatic heterocycles. The maximum absolute atomic E-state index is 9.49. The first-order valence-corrected chi connectivity index (χ1v) is 4.64. The molecule has 0 radical (unpaired) electrons. The molecule has 0 spiro atoms. The lowest BCUT2D eigenvalue weighted by molar-refractivity contribution is 0.00395. The molecule has 13 heavy (non-hydrogen) atoms. The zero-order chi connectivity index (χ0) is 9.14. The molecule has 1 rings (SSSR count). The van der Waals surface area contributed by atoms with Gasteiger partial charge in [0.1, 0.15) is 0 Å². The highest BCUT2D eigenvalue weighted by Crippen LogP contribution is 2.27. The van der Waals surface area contributed by atoms with Crippen LogP contribution in [0.15, 0.2) is 12.2 Å². The maximum atomic E-state index is 9.49. The molecule has 78 valence electrons. The first-order valence-electron chi connectivity index (χ1n) is 4.64. The van der Waals surface area contributed by atoms with Crippen LogP contribution in [0.4, 0.5) is 0 Å². The van der Waals surface area contributed by atoms with Crippen LogP contribution in [0.1, 0.15) is 28.2 Å². The van der Waals surface area contributed by atoms with Gasteiger partial charge >= 0.3 is 0 Å². The van der Waals surface area contributed by atoms with Gasteiger partial charge in [0, 0.05) is 6.61 Å². The number of aliphatic hydroxyl groups excluding tert-OH is 1. The van der Waals surface area contributed by atoms with E-state index in [1.807, 2.05) is 19.1 Å². The molecular weight excluding hydrogens is 164 g/mol. The van der Waals surface area contributed by atoms with Crippen molar-refractivity contribution >= 4 is 0 Å². The van der Waals surface area contributed by atoms with E-state index in [2.05, 4.69) is 13.8 Å². The highest BCUT2D eigenvalue weighted by Gasteiger charge is 2.29. The van der Waals surface area contributed by atoms with E-state index in [4.69, 9.17) is 4.74 Å². The smallest absolute Gasteiger partial charge is 0.0785 e. The van der Waals surface area contributed by atoms with Crippen LogP contribution in [0, 0.1) is 11.8 Å². The number of aliphatic hydroxyl groups is 1. The van der Waals surface area contributed by atoms with E-state index in [1.165, 1.54) is 0 Å². The maximum Gasteiger partial charge on any atom is 0.0785 e. The minimum atomic E-state index is -0.295. The van der Waals surface area contributed by atoms with Gasteiger partial charge in [0.25, 0.3) is 0 Å². The minimum Gasteiger partial charge on any atom is -0.389 e. The summed E-state index contributed by atoms with van der Waals surface area (Å²) in [5, 5.41) is 9.49. The summed E-state index contributed by atoms with van der Waals surface area (Å²) in [6.07, 6.45) is 3.70. The number of hydrogen-bond donors (Lipinski definition) is 1. The Morgan fingerprint density at radius 1 is 1.23 bits per heavy atom. The van der Waals surface area contributed by atoms with Crippen molar-refractivity contribution in [3.63, 3.8) is 0 Å². The summed E-state index contributed by atoms with van der Waals surface area (Å²) in [6, 6.07) is 0. The summed E-state index contributed by atoms with van der Waals surface area (Å²) >= 11 is 0. The van der Waals surface area contributed by atoms with Gasteiger partial charge in [0.2, 0.25) is 0 Å². The molecule has 0 amide bonds. The van der Waals surface area contributed by atoms with Gasteiger partial charge in [-0.1, -0.05) is 33.4 Å². The third kappa shape index (κ3) is 2.82. The standard InChI is InChI=1S/C10H18O2.CH4/c1-4-12-10-6-5-9(11)7(2)8(10)3;/h5-11H,4H2,1-3H3;1H4. The number of hydrogen-bond acceptors (Lipinski definition) is 2. The predicted octanol–water partition coefficient (Wildman–Crippen LogP) is 2.23. The molecule has 4 unspecified atom stereocenters. The Hall–Kier alpha value is -0.340. The fraction of sp³-hybridized carbons (Fsp3) is 0.818. The highest BCUT2D eigenvalue weighted by molar-refractivity contribution is 5.05. The summed E-state index contributed by atoms with van der Waals surface area (Å²) in [5.74, 6) is 0.705. The SMILES string of the molecule is C.CCOC1C=CC(O)C(C)C1C. The van der Waals surface area contributed by atoms with Gasteiger partial charge < -0.3 is 9.84 Å². The molecule has 0 saturated heterocycles. The fourth-order valence-corrected chi connectivity index (χ4v) is 1.58. The van der Waals surface area contributed by atoms with E-state index in [-0.39, 0.29) is 19.6 Å². The molecule has 1 aliphatic rings. The monoisotopic (exact) mass is 186 g/mol. The average molecular weight is 186 g/mol. The fourth-order valence-electron chi connectivity index (χ4n) is 1.58. The molecule has 1 aliphatic carbocycles. The van der Waals surface area contributed by atoms with Crippen LogP contribution >= 0.6 is 0 Å². The van der Waals surface area contributed by atoms with Crippen LogP contribution in [-0.2, 0) is 4.74 Å². The van der Waals surface area contributed by atoms with Crippen molar-refractivity contribution < 1.29 is 9.84 Å². The Balaban J connectivity index is 0.00000144. The lowest BCUT2D eigenvalue weighted by Gasteiger charge is -2.32. The summed E-state index contributed by atoms with van der Waals surface area (Å²) in [7, 11) is 0. The molecule has 0 heterocycles. The molecule has 0 aromatic carbocycles. The van der Waals surface area contributed by atoms with Crippen molar-refractivity contribution in [1.82, 2.24) is 0 Å². The molecule has 0 bridgehead atoms. The first-order chi connectivity index (χ1) is 5.66. The van der Waals surface area contributed by atoms with Gasteiger partial charge in [-0.25, -0.2) is 0 Å². The van der Waals surface area contributed by atoms with Gasteiger partial charge in [-0.2, -0.15) is 0 Å². The van der Waals surface area contributed by atoms with Crippen LogP contribution in [0.2, 0.25) is 0 Å². The van der Waals surface area contributed by atoms with Crippen LogP contribution in [-0.4, -0.2) is 23.9 Å². The molecule has 0 saturated carbocycles. The molecular formula is C11H22O2. The topological polar surface area (TPSA) is 29.5 Å². The Labute approximate surface area is 81.6 Å². The highest BCUT2D eigenvalue weighted by atomic mass is 16.5. The summed E-state index contributed by atoms with van der Waals surface area (Å²) in [5.41, 5.74) is 0. The lowest BCUT2D eigenvalue weighted by Crippen LogP contribution is -2.35. The Bertz CT molecular complexity index is 165. The predicted molar refractivity (Wildman–Crippen MR) is 55.6 cm³/mol. The van der Waals surface area contributed by atoms with E-state index >= 15 is 0 Å². The third-order valence-corrected chi connectivity index (χ3v) is 2.74. The largest absolute Gasteiger partial charge is 0.389 e. The summed E-state index contributed by atoms with van der Waals surface area (Å²) < 4.78 is 5.52. The van der Waals surface area contributed by atoms with Crippen molar-refractivity contribution in [2.75, 3.05) is 6.61 Å². The second kappa shape index (κ2) is 5.40. The second-order valence-corrected chi connectivity index (χ2v) is 3.51. The van der Waals surface area contributed by atoms with Crippen molar-refractivity contribution in [3.05, 3.63) is 12.2 Å². The van der Waals surface area contributed by atoms with Crippen molar-refractivity contribution in [1.29, 1.82) is 0 Å². The second-order valence-electron chi connectivity index (χ2n) is 3.51. The van der Waals surface area contributed by atoms with Gasteiger partial charge in [-0.3, -0.25) is 0 Å². The molecule has 2 nitrogen and oxygen atoms in total. The third-order valence-electron chi connectivity index (χ3n) is 2.74. The lowest BCUT2D eigenvalue weighted by atomic mass is 9.82. The van der Waals surface area contributed by atoms with E-state index in [1.54, 1.807) is 0 Å². The molecule has 0 fully saturated rings. The van der Waals surface area contributed by atoms with Crippen LogP contribution in [0.25, 0.3) is 0 Å². The Kier molecular flexibility index (Phi) is 5.26. The normalized spacial score (nSPS) is 38.5. The van der Waals surface area contributed by atoms with E-state index < -0.39 is 0 Å². The van der Waals surface area contributed by atoms with E-state index in [9.17, 15) is 5.11 Å². The van der Waals surface area contributed by atoms with Gasteiger partial charge in [-0.05, 0) is 18.8 Å². The molecule has 2 heteroatoms. The summed E-state index contributed by atoms with van der Waals surface area (Å²) in [4.78, 5) is 0. The Morgan fingerprint density at radius 3 is 2.38 bits per heavy atom. The van der Waals surface area contributed by atoms with Crippen molar-refractivity contribution in [3.8, 4) is 0 Å². The van der Waals surface area contributed by atoms with Gasteiger partial charge in [0.05, 0.1) is 12.2 Å². The quantitative estimate of drug-likeness (QED) is 0.670. The number of ether oxygens (including phenoxy) is 1. The molecule has 0 aromatic rings. The number of rotatable bonds is 2. The average Bonchev–Trinajstić information content (AvgIpc) is 2.07. The van der Waals surface area contributed by atoms with Crippen molar-refractivity contribution in [2.24, 2.45) is 11.8 Å². The van der Waals surface area contributed by atoms with E-state index in [0.29, 0.717) is 11.8 Å². The molecule has 1 N–H and O–H groups in total. The molecule has 4 atom stereocenters. The van der Waals surface area contributed by atoms with Crippen LogP contribution in [0.3, 0.4) is 0 Å². The Morgan fingerprint density at radius 2 is 1.85 bits per heavy atom. The van der Waals surface area contributed by atoms with Gasteiger partial charge in [-0.15, -0.1) is 0 Å². The minimum absolute atomic E-state index is 0.